The number of pyridine rings is 1. The van der Waals surface area contributed by atoms with Crippen LogP contribution >= 0.6 is 11.3 Å². The maximum atomic E-state index is 11.9. The highest BCUT2D eigenvalue weighted by Gasteiger charge is 2.12. The number of aliphatic hydroxyl groups is 1. The third-order valence-corrected chi connectivity index (χ3v) is 3.09. The Morgan fingerprint density at radius 3 is 3.00 bits per heavy atom. The van der Waals surface area contributed by atoms with Crippen molar-refractivity contribution in [2.45, 2.75) is 13.5 Å². The molecule has 0 spiro atoms. The third kappa shape index (κ3) is 2.66. The first-order valence-electron chi connectivity index (χ1n) is 4.99. The van der Waals surface area contributed by atoms with Crippen molar-refractivity contribution in [2.24, 2.45) is 0 Å². The largest absolute Gasteiger partial charge is 0.390 e. The fourth-order valence-corrected chi connectivity index (χ4v) is 2.03. The third-order valence-electron chi connectivity index (χ3n) is 2.16. The van der Waals surface area contributed by atoms with Gasteiger partial charge in [-0.3, -0.25) is 4.79 Å². The van der Waals surface area contributed by atoms with Gasteiger partial charge in [0.1, 0.15) is 10.7 Å². The molecule has 6 heteroatoms. The summed E-state index contributed by atoms with van der Waals surface area (Å²) in [4.78, 5) is 20.5. The number of nitrogens with zero attached hydrogens (tertiary/aromatic N) is 2. The molecule has 2 rings (SSSR count). The number of aromatic nitrogens is 2. The van der Waals surface area contributed by atoms with E-state index in [1.165, 1.54) is 11.3 Å². The minimum atomic E-state index is -0.229. The van der Waals surface area contributed by atoms with Crippen molar-refractivity contribution in [3.63, 3.8) is 0 Å². The maximum absolute atomic E-state index is 11.9. The molecule has 0 aromatic carbocycles. The average molecular weight is 249 g/mol. The minimum absolute atomic E-state index is 0.150. The number of aliphatic hydroxyl groups excluding tert-OH is 1. The van der Waals surface area contributed by atoms with Crippen LogP contribution in [0.3, 0.4) is 0 Å². The summed E-state index contributed by atoms with van der Waals surface area (Å²) >= 11 is 1.29. The molecule has 0 atom stereocenters. The predicted molar refractivity (Wildman–Crippen MR) is 65.0 cm³/mol. The van der Waals surface area contributed by atoms with Crippen LogP contribution in [0.25, 0.3) is 0 Å². The lowest BCUT2D eigenvalue weighted by Crippen LogP contribution is -2.13. The number of hydrogen-bond donors (Lipinski definition) is 2. The van der Waals surface area contributed by atoms with Crippen LogP contribution in [-0.2, 0) is 6.61 Å². The Bertz CT molecular complexity index is 539. The van der Waals surface area contributed by atoms with Crippen LogP contribution in [0.5, 0.6) is 0 Å². The van der Waals surface area contributed by atoms with Gasteiger partial charge in [0.15, 0.2) is 0 Å². The summed E-state index contributed by atoms with van der Waals surface area (Å²) in [6, 6.07) is 5.09. The zero-order valence-corrected chi connectivity index (χ0v) is 9.99. The molecule has 0 unspecified atom stereocenters. The average Bonchev–Trinajstić information content (AvgIpc) is 2.76. The molecule has 0 aliphatic heterocycles. The molecule has 17 heavy (non-hydrogen) atoms. The van der Waals surface area contributed by atoms with Gasteiger partial charge >= 0.3 is 0 Å². The van der Waals surface area contributed by atoms with E-state index in [1.54, 1.807) is 30.6 Å². The first-order chi connectivity index (χ1) is 8.20. The Morgan fingerprint density at radius 2 is 2.35 bits per heavy atom. The quantitative estimate of drug-likeness (QED) is 0.866. The van der Waals surface area contributed by atoms with Crippen molar-refractivity contribution in [2.75, 3.05) is 5.32 Å². The number of carbonyl (C=O) groups is 1. The van der Waals surface area contributed by atoms with Crippen molar-refractivity contribution in [1.29, 1.82) is 0 Å². The fraction of sp³-hybridized carbons (Fsp3) is 0.182. The van der Waals surface area contributed by atoms with E-state index in [-0.39, 0.29) is 12.5 Å². The maximum Gasteiger partial charge on any atom is 0.268 e. The normalized spacial score (nSPS) is 10.2. The predicted octanol–water partition coefficient (Wildman–Crippen LogP) is 1.59. The second-order valence-corrected chi connectivity index (χ2v) is 4.25. The van der Waals surface area contributed by atoms with Crippen LogP contribution in [0.4, 0.5) is 5.82 Å². The van der Waals surface area contributed by atoms with Crippen molar-refractivity contribution >= 4 is 23.1 Å². The van der Waals surface area contributed by atoms with Gasteiger partial charge in [-0.05, 0) is 19.1 Å². The molecule has 2 heterocycles. The Labute approximate surface area is 102 Å². The fourth-order valence-electron chi connectivity index (χ4n) is 1.33. The summed E-state index contributed by atoms with van der Waals surface area (Å²) in [5.74, 6) is 0.196. The van der Waals surface area contributed by atoms with Crippen LogP contribution in [0.1, 0.15) is 21.1 Å². The van der Waals surface area contributed by atoms with E-state index in [0.717, 1.165) is 0 Å². The zero-order chi connectivity index (χ0) is 12.3. The number of hydrogen-bond acceptors (Lipinski definition) is 5. The van der Waals surface area contributed by atoms with Crippen LogP contribution in [0.15, 0.2) is 23.7 Å². The summed E-state index contributed by atoms with van der Waals surface area (Å²) in [7, 11) is 0. The van der Waals surface area contributed by atoms with Gasteiger partial charge in [0.05, 0.1) is 23.5 Å². The molecule has 2 N–H and O–H groups in total. The molecule has 0 aliphatic carbocycles. The van der Waals surface area contributed by atoms with E-state index in [2.05, 4.69) is 15.3 Å². The second-order valence-electron chi connectivity index (χ2n) is 3.39. The number of carbonyl (C=O) groups excluding carboxylic acids is 1. The van der Waals surface area contributed by atoms with Gasteiger partial charge in [-0.1, -0.05) is 6.07 Å². The number of amides is 1. The van der Waals surface area contributed by atoms with Crippen LogP contribution < -0.4 is 5.32 Å². The molecular formula is C11H11N3O2S. The van der Waals surface area contributed by atoms with E-state index in [4.69, 9.17) is 5.11 Å². The number of aryl methyl sites for hydroxylation is 1. The lowest BCUT2D eigenvalue weighted by molar-refractivity contribution is 0.102. The first-order valence-corrected chi connectivity index (χ1v) is 5.87. The highest BCUT2D eigenvalue weighted by atomic mass is 32.1. The van der Waals surface area contributed by atoms with E-state index >= 15 is 0 Å². The van der Waals surface area contributed by atoms with Gasteiger partial charge in [0.2, 0.25) is 0 Å². The van der Waals surface area contributed by atoms with E-state index in [9.17, 15) is 4.79 Å². The number of nitrogens with one attached hydrogen (secondary N) is 1. The summed E-state index contributed by atoms with van der Waals surface area (Å²) in [5, 5.41) is 11.6. The van der Waals surface area contributed by atoms with E-state index < -0.39 is 0 Å². The number of thiazole rings is 1. The molecule has 5 nitrogen and oxygen atoms in total. The second kappa shape index (κ2) is 5.03. The van der Waals surface area contributed by atoms with Crippen molar-refractivity contribution in [3.8, 4) is 0 Å². The SMILES string of the molecule is Cc1ncsc1C(=O)Nc1cccc(CO)n1. The van der Waals surface area contributed by atoms with E-state index in [1.807, 2.05) is 0 Å². The van der Waals surface area contributed by atoms with Crippen LogP contribution in [0, 0.1) is 6.92 Å². The summed E-state index contributed by atoms with van der Waals surface area (Å²) in [6.07, 6.45) is 0. The Balaban J connectivity index is 2.16. The Hall–Kier alpha value is -1.79. The highest BCUT2D eigenvalue weighted by molar-refractivity contribution is 7.12. The number of rotatable bonds is 3. The lowest BCUT2D eigenvalue weighted by Gasteiger charge is -2.04. The van der Waals surface area contributed by atoms with Gasteiger partial charge in [0.25, 0.3) is 5.91 Å². The topological polar surface area (TPSA) is 75.1 Å². The van der Waals surface area contributed by atoms with Gasteiger partial charge in [0, 0.05) is 0 Å². The molecule has 0 saturated carbocycles. The van der Waals surface area contributed by atoms with Gasteiger partial charge in [-0.15, -0.1) is 11.3 Å². The van der Waals surface area contributed by atoms with Crippen LogP contribution in [-0.4, -0.2) is 21.0 Å². The summed E-state index contributed by atoms with van der Waals surface area (Å²) < 4.78 is 0. The molecule has 2 aromatic rings. The first kappa shape index (κ1) is 11.7. The molecule has 0 aliphatic rings. The van der Waals surface area contributed by atoms with Crippen molar-refractivity contribution < 1.29 is 9.90 Å². The zero-order valence-electron chi connectivity index (χ0n) is 9.17. The molecule has 0 radical (unpaired) electrons. The van der Waals surface area contributed by atoms with Gasteiger partial charge in [-0.25, -0.2) is 9.97 Å². The molecule has 2 aromatic heterocycles. The summed E-state index contributed by atoms with van der Waals surface area (Å²) in [6.45, 7) is 1.63. The highest BCUT2D eigenvalue weighted by Crippen LogP contribution is 2.14. The lowest BCUT2D eigenvalue weighted by atomic mass is 10.3. The minimum Gasteiger partial charge on any atom is -0.390 e. The molecule has 0 saturated heterocycles. The number of anilines is 1. The van der Waals surface area contributed by atoms with Gasteiger partial charge in [-0.2, -0.15) is 0 Å². The van der Waals surface area contributed by atoms with Crippen molar-refractivity contribution in [3.05, 3.63) is 40.0 Å². The van der Waals surface area contributed by atoms with Gasteiger partial charge < -0.3 is 10.4 Å². The standard InChI is InChI=1S/C11H11N3O2S/c1-7-10(17-6-12-7)11(16)14-9-4-2-3-8(5-15)13-9/h2-4,6,15H,5H2,1H3,(H,13,14,16). The van der Waals surface area contributed by atoms with Crippen molar-refractivity contribution in [1.82, 2.24) is 9.97 Å². The molecular weight excluding hydrogens is 238 g/mol. The molecule has 1 amide bonds. The smallest absolute Gasteiger partial charge is 0.268 e. The van der Waals surface area contributed by atoms with E-state index in [0.29, 0.717) is 22.1 Å². The molecule has 0 bridgehead atoms. The Morgan fingerprint density at radius 1 is 1.53 bits per heavy atom. The summed E-state index contributed by atoms with van der Waals surface area (Å²) in [5.41, 5.74) is 2.84. The molecule has 88 valence electrons. The molecule has 0 fully saturated rings. The van der Waals surface area contributed by atoms with Crippen LogP contribution in [0.2, 0.25) is 0 Å². The monoisotopic (exact) mass is 249 g/mol. The Kier molecular flexibility index (Phi) is 3.46.